The van der Waals surface area contributed by atoms with Gasteiger partial charge in [-0.25, -0.2) is 4.98 Å². The molecule has 0 saturated carbocycles. The normalized spacial score (nSPS) is 10.6. The number of hydrogen-bond acceptors (Lipinski definition) is 4. The molecule has 0 saturated heterocycles. The molecule has 0 aliphatic carbocycles. The van der Waals surface area contributed by atoms with Gasteiger partial charge in [-0.15, -0.1) is 11.8 Å². The van der Waals surface area contributed by atoms with Gasteiger partial charge in [-0.05, 0) is 24.0 Å². The molecule has 84 valence electrons. The molecule has 0 spiro atoms. The van der Waals surface area contributed by atoms with Crippen LogP contribution in [0.3, 0.4) is 0 Å². The van der Waals surface area contributed by atoms with E-state index in [9.17, 15) is 0 Å². The van der Waals surface area contributed by atoms with Gasteiger partial charge in [0.2, 0.25) is 0 Å². The van der Waals surface area contributed by atoms with Crippen LogP contribution < -0.4 is 5.73 Å². The van der Waals surface area contributed by atoms with Crippen molar-refractivity contribution in [1.82, 2.24) is 9.97 Å². The first-order valence-corrected chi connectivity index (χ1v) is 6.92. The van der Waals surface area contributed by atoms with E-state index in [1.807, 2.05) is 6.20 Å². The highest BCUT2D eigenvalue weighted by Crippen LogP contribution is 2.32. The molecule has 2 aromatic rings. The highest BCUT2D eigenvalue weighted by molar-refractivity contribution is 7.99. The molecule has 3 N–H and O–H groups in total. The van der Waals surface area contributed by atoms with Gasteiger partial charge in [0.05, 0.1) is 0 Å². The number of nitrogens with zero attached hydrogens (tertiary/aromatic N) is 1. The highest BCUT2D eigenvalue weighted by atomic mass is 32.2. The SMILES string of the molecule is CSc1cccc(Sc2ncc[nH]2)c1CN. The summed E-state index contributed by atoms with van der Waals surface area (Å²) in [5.41, 5.74) is 6.99. The minimum Gasteiger partial charge on any atom is -0.339 e. The Hall–Kier alpha value is -0.910. The van der Waals surface area contributed by atoms with Gasteiger partial charge in [0.1, 0.15) is 0 Å². The number of benzene rings is 1. The molecular formula is C11H13N3S2. The minimum atomic E-state index is 0.556. The summed E-state index contributed by atoms with van der Waals surface area (Å²) in [5, 5.41) is 0.896. The van der Waals surface area contributed by atoms with Crippen molar-refractivity contribution < 1.29 is 0 Å². The van der Waals surface area contributed by atoms with Crippen LogP contribution in [0.25, 0.3) is 0 Å². The second kappa shape index (κ2) is 5.43. The zero-order chi connectivity index (χ0) is 11.4. The largest absolute Gasteiger partial charge is 0.339 e. The molecule has 0 amide bonds. The summed E-state index contributed by atoms with van der Waals surface area (Å²) in [6, 6.07) is 6.23. The Morgan fingerprint density at radius 3 is 2.81 bits per heavy atom. The number of aromatic amines is 1. The molecule has 1 heterocycles. The number of rotatable bonds is 4. The van der Waals surface area contributed by atoms with Crippen LogP contribution in [-0.2, 0) is 6.54 Å². The predicted octanol–water partition coefficient (Wildman–Crippen LogP) is 2.74. The standard InChI is InChI=1S/C11H13N3S2/c1-15-9-3-2-4-10(8(9)7-12)16-11-13-5-6-14-11/h2-6H,7,12H2,1H3,(H,13,14). The van der Waals surface area contributed by atoms with Gasteiger partial charge in [0, 0.05) is 28.7 Å². The first-order chi connectivity index (χ1) is 7.85. The number of nitrogens with one attached hydrogen (secondary N) is 1. The van der Waals surface area contributed by atoms with Gasteiger partial charge in [-0.2, -0.15) is 0 Å². The fourth-order valence-electron chi connectivity index (χ4n) is 1.44. The average Bonchev–Trinajstić information content (AvgIpc) is 2.81. The van der Waals surface area contributed by atoms with Gasteiger partial charge in [-0.3, -0.25) is 0 Å². The zero-order valence-corrected chi connectivity index (χ0v) is 10.6. The molecule has 0 bridgehead atoms. The molecule has 1 aromatic heterocycles. The van der Waals surface area contributed by atoms with Gasteiger partial charge in [0.15, 0.2) is 5.16 Å². The summed E-state index contributed by atoms with van der Waals surface area (Å²) < 4.78 is 0. The van der Waals surface area contributed by atoms with Gasteiger partial charge in [0.25, 0.3) is 0 Å². The topological polar surface area (TPSA) is 54.7 Å². The number of aromatic nitrogens is 2. The third-order valence-corrected chi connectivity index (χ3v) is 4.04. The molecular weight excluding hydrogens is 238 g/mol. The van der Waals surface area contributed by atoms with Crippen LogP contribution in [0.5, 0.6) is 0 Å². The van der Waals surface area contributed by atoms with Crippen molar-refractivity contribution in [2.45, 2.75) is 21.5 Å². The molecule has 0 unspecified atom stereocenters. The smallest absolute Gasteiger partial charge is 0.170 e. The number of imidazole rings is 1. The quantitative estimate of drug-likeness (QED) is 0.820. The van der Waals surface area contributed by atoms with Gasteiger partial charge in [-0.1, -0.05) is 17.8 Å². The van der Waals surface area contributed by atoms with Crippen LogP contribution in [0.4, 0.5) is 0 Å². The average molecular weight is 251 g/mol. The zero-order valence-electron chi connectivity index (χ0n) is 8.93. The van der Waals surface area contributed by atoms with E-state index in [-0.39, 0.29) is 0 Å². The molecule has 2 rings (SSSR count). The van der Waals surface area contributed by atoms with Crippen molar-refractivity contribution in [2.24, 2.45) is 5.73 Å². The first kappa shape index (κ1) is 11.6. The van der Waals surface area contributed by atoms with Crippen LogP contribution in [0.1, 0.15) is 5.56 Å². The molecule has 3 nitrogen and oxygen atoms in total. The van der Waals surface area contributed by atoms with Crippen molar-refractivity contribution in [2.75, 3.05) is 6.26 Å². The Labute approximate surface area is 103 Å². The summed E-state index contributed by atoms with van der Waals surface area (Å²) in [7, 11) is 0. The fourth-order valence-corrected chi connectivity index (χ4v) is 3.08. The van der Waals surface area contributed by atoms with Crippen LogP contribution >= 0.6 is 23.5 Å². The lowest BCUT2D eigenvalue weighted by Gasteiger charge is -2.09. The van der Waals surface area contributed by atoms with Crippen molar-refractivity contribution in [3.63, 3.8) is 0 Å². The van der Waals surface area contributed by atoms with E-state index in [1.165, 1.54) is 15.4 Å². The van der Waals surface area contributed by atoms with E-state index in [4.69, 9.17) is 5.73 Å². The van der Waals surface area contributed by atoms with Crippen LogP contribution in [-0.4, -0.2) is 16.2 Å². The molecule has 1 aromatic carbocycles. The maximum atomic E-state index is 5.80. The van der Waals surface area contributed by atoms with Gasteiger partial charge < -0.3 is 10.7 Å². The van der Waals surface area contributed by atoms with E-state index in [0.717, 1.165) is 5.16 Å². The summed E-state index contributed by atoms with van der Waals surface area (Å²) in [6.07, 6.45) is 5.64. The molecule has 16 heavy (non-hydrogen) atoms. The Balaban J connectivity index is 2.33. The number of thioether (sulfide) groups is 1. The Kier molecular flexibility index (Phi) is 3.93. The van der Waals surface area contributed by atoms with Crippen molar-refractivity contribution in [1.29, 1.82) is 0 Å². The maximum Gasteiger partial charge on any atom is 0.170 e. The molecule has 0 fully saturated rings. The summed E-state index contributed by atoms with van der Waals surface area (Å²) in [6.45, 7) is 0.556. The number of H-pyrrole nitrogens is 1. The second-order valence-corrected chi connectivity index (χ2v) is 5.02. The third-order valence-electron chi connectivity index (χ3n) is 2.19. The van der Waals surface area contributed by atoms with Crippen molar-refractivity contribution in [3.05, 3.63) is 36.2 Å². The second-order valence-electron chi connectivity index (χ2n) is 3.14. The summed E-state index contributed by atoms with van der Waals surface area (Å²) >= 11 is 3.34. The number of nitrogens with two attached hydrogens (primary N) is 1. The van der Waals surface area contributed by atoms with E-state index in [1.54, 1.807) is 29.7 Å². The Bertz CT molecular complexity index is 454. The van der Waals surface area contributed by atoms with E-state index >= 15 is 0 Å². The Morgan fingerprint density at radius 1 is 1.38 bits per heavy atom. The van der Waals surface area contributed by atoms with Gasteiger partial charge >= 0.3 is 0 Å². The molecule has 0 radical (unpaired) electrons. The number of hydrogen-bond donors (Lipinski definition) is 2. The van der Waals surface area contributed by atoms with Crippen LogP contribution in [0, 0.1) is 0 Å². The summed E-state index contributed by atoms with van der Waals surface area (Å²) in [5.74, 6) is 0. The molecule has 0 aliphatic heterocycles. The lowest BCUT2D eigenvalue weighted by Crippen LogP contribution is -2.00. The van der Waals surface area contributed by atoms with E-state index < -0.39 is 0 Å². The van der Waals surface area contributed by atoms with Crippen molar-refractivity contribution in [3.8, 4) is 0 Å². The molecule has 5 heteroatoms. The highest BCUT2D eigenvalue weighted by Gasteiger charge is 2.08. The van der Waals surface area contributed by atoms with Crippen molar-refractivity contribution >= 4 is 23.5 Å². The third kappa shape index (κ3) is 2.42. The predicted molar refractivity (Wildman–Crippen MR) is 68.8 cm³/mol. The lowest BCUT2D eigenvalue weighted by molar-refractivity contribution is 0.974. The Morgan fingerprint density at radius 2 is 2.19 bits per heavy atom. The molecule has 0 aliphatic rings. The maximum absolute atomic E-state index is 5.80. The first-order valence-electron chi connectivity index (χ1n) is 4.88. The summed E-state index contributed by atoms with van der Waals surface area (Å²) in [4.78, 5) is 9.69. The van der Waals surface area contributed by atoms with Crippen LogP contribution in [0.2, 0.25) is 0 Å². The fraction of sp³-hybridized carbons (Fsp3) is 0.182. The molecule has 0 atom stereocenters. The van der Waals surface area contributed by atoms with E-state index in [0.29, 0.717) is 6.54 Å². The van der Waals surface area contributed by atoms with E-state index in [2.05, 4.69) is 34.4 Å². The lowest BCUT2D eigenvalue weighted by atomic mass is 10.2. The monoisotopic (exact) mass is 251 g/mol. The minimum absolute atomic E-state index is 0.556. The van der Waals surface area contributed by atoms with Crippen LogP contribution in [0.15, 0.2) is 45.5 Å².